The molecule has 6 nitrogen and oxygen atoms in total. The van der Waals surface area contributed by atoms with Gasteiger partial charge in [0.25, 0.3) is 5.91 Å². The lowest BCUT2D eigenvalue weighted by Crippen LogP contribution is -2.37. The Hall–Kier alpha value is -2.64. The minimum atomic E-state index is -0.656. The van der Waals surface area contributed by atoms with Crippen LogP contribution in [-0.2, 0) is 9.53 Å². The van der Waals surface area contributed by atoms with Crippen molar-refractivity contribution < 1.29 is 24.2 Å². The van der Waals surface area contributed by atoms with E-state index in [-0.39, 0.29) is 17.5 Å². The van der Waals surface area contributed by atoms with Crippen molar-refractivity contribution >= 4 is 23.0 Å². The van der Waals surface area contributed by atoms with E-state index in [1.807, 2.05) is 31.2 Å². The molecule has 3 heterocycles. The summed E-state index contributed by atoms with van der Waals surface area (Å²) in [6, 6.07) is 10.1. The highest BCUT2D eigenvalue weighted by Crippen LogP contribution is 2.40. The van der Waals surface area contributed by atoms with E-state index in [0.29, 0.717) is 30.4 Å². The molecule has 0 saturated carbocycles. The van der Waals surface area contributed by atoms with Crippen molar-refractivity contribution in [1.29, 1.82) is 0 Å². The first kappa shape index (κ1) is 19.7. The van der Waals surface area contributed by atoms with Crippen LogP contribution in [0, 0.1) is 0 Å². The summed E-state index contributed by atoms with van der Waals surface area (Å²) < 4.78 is 11.2. The van der Waals surface area contributed by atoms with Crippen LogP contribution in [0.15, 0.2) is 53.1 Å². The molecule has 0 radical (unpaired) electrons. The molecule has 29 heavy (non-hydrogen) atoms. The topological polar surface area (TPSA) is 76.1 Å². The molecule has 2 aromatic rings. The standard InChI is InChI=1S/C22H23NO5S/c1-2-27-15-9-7-14(8-10-15)19-18(20(24)17-6-4-12-29-17)21(25)22(26)23(19)13-16-5-3-11-28-16/h4,6-10,12,16,19,25H,2-3,5,11,13H2,1H3/t16-,19-/m1/s1. The Morgan fingerprint density at radius 3 is 2.72 bits per heavy atom. The van der Waals surface area contributed by atoms with Crippen LogP contribution in [0.5, 0.6) is 5.75 Å². The lowest BCUT2D eigenvalue weighted by atomic mass is 9.95. The maximum absolute atomic E-state index is 13.2. The van der Waals surface area contributed by atoms with Crippen LogP contribution < -0.4 is 4.74 Å². The number of rotatable bonds is 7. The average molecular weight is 413 g/mol. The smallest absolute Gasteiger partial charge is 0.290 e. The molecule has 1 fully saturated rings. The van der Waals surface area contributed by atoms with Gasteiger partial charge in [0.05, 0.1) is 29.2 Å². The zero-order valence-corrected chi connectivity index (χ0v) is 17.0. The first-order chi connectivity index (χ1) is 14.1. The molecule has 0 bridgehead atoms. The van der Waals surface area contributed by atoms with Crippen LogP contribution in [-0.4, -0.2) is 47.6 Å². The Labute approximate surface area is 173 Å². The van der Waals surface area contributed by atoms with E-state index >= 15 is 0 Å². The molecule has 2 aliphatic heterocycles. The third kappa shape index (κ3) is 3.80. The molecular weight excluding hydrogens is 390 g/mol. The summed E-state index contributed by atoms with van der Waals surface area (Å²) in [6.45, 7) is 3.46. The van der Waals surface area contributed by atoms with E-state index in [4.69, 9.17) is 9.47 Å². The Bertz CT molecular complexity index is 913. The van der Waals surface area contributed by atoms with E-state index in [0.717, 1.165) is 18.4 Å². The second-order valence-corrected chi connectivity index (χ2v) is 8.01. The van der Waals surface area contributed by atoms with Crippen LogP contribution in [0.1, 0.15) is 41.0 Å². The number of carbonyl (C=O) groups is 2. The molecule has 0 unspecified atom stereocenters. The average Bonchev–Trinajstić information content (AvgIpc) is 3.47. The van der Waals surface area contributed by atoms with Crippen molar-refractivity contribution in [3.63, 3.8) is 0 Å². The van der Waals surface area contributed by atoms with E-state index in [1.165, 1.54) is 11.3 Å². The predicted molar refractivity (Wildman–Crippen MR) is 109 cm³/mol. The van der Waals surface area contributed by atoms with Gasteiger partial charge in [-0.05, 0) is 48.9 Å². The van der Waals surface area contributed by atoms with Crippen molar-refractivity contribution in [2.45, 2.75) is 31.9 Å². The van der Waals surface area contributed by atoms with E-state index in [1.54, 1.807) is 22.4 Å². The fourth-order valence-corrected chi connectivity index (χ4v) is 4.56. The summed E-state index contributed by atoms with van der Waals surface area (Å²) in [5.74, 6) is -0.607. The number of nitrogens with zero attached hydrogens (tertiary/aromatic N) is 1. The number of hydrogen-bond donors (Lipinski definition) is 1. The molecule has 1 saturated heterocycles. The minimum Gasteiger partial charge on any atom is -0.503 e. The number of ketones is 1. The number of carbonyl (C=O) groups excluding carboxylic acids is 2. The van der Waals surface area contributed by atoms with Gasteiger partial charge in [-0.3, -0.25) is 9.59 Å². The summed E-state index contributed by atoms with van der Waals surface area (Å²) in [5, 5.41) is 12.5. The summed E-state index contributed by atoms with van der Waals surface area (Å²) in [4.78, 5) is 28.1. The third-order valence-electron chi connectivity index (χ3n) is 5.22. The molecule has 1 amide bonds. The van der Waals surface area contributed by atoms with Crippen molar-refractivity contribution in [3.05, 3.63) is 63.6 Å². The van der Waals surface area contributed by atoms with Crippen molar-refractivity contribution in [2.75, 3.05) is 19.8 Å². The monoisotopic (exact) mass is 413 g/mol. The summed E-state index contributed by atoms with van der Waals surface area (Å²) in [7, 11) is 0. The Morgan fingerprint density at radius 1 is 1.31 bits per heavy atom. The molecule has 2 atom stereocenters. The van der Waals surface area contributed by atoms with E-state index in [2.05, 4.69) is 0 Å². The van der Waals surface area contributed by atoms with Crippen LogP contribution >= 0.6 is 11.3 Å². The van der Waals surface area contributed by atoms with Gasteiger partial charge in [-0.15, -0.1) is 11.3 Å². The highest BCUT2D eigenvalue weighted by atomic mass is 32.1. The second kappa shape index (κ2) is 8.39. The number of hydrogen-bond acceptors (Lipinski definition) is 6. The van der Waals surface area contributed by atoms with Crippen LogP contribution in [0.3, 0.4) is 0 Å². The lowest BCUT2D eigenvalue weighted by Gasteiger charge is -2.29. The highest BCUT2D eigenvalue weighted by molar-refractivity contribution is 7.12. The number of Topliss-reactive ketones (excluding diaryl/α,β-unsaturated/α-hetero) is 1. The van der Waals surface area contributed by atoms with Gasteiger partial charge in [0, 0.05) is 13.2 Å². The van der Waals surface area contributed by atoms with Gasteiger partial charge >= 0.3 is 0 Å². The quantitative estimate of drug-likeness (QED) is 0.697. The molecule has 2 aliphatic rings. The van der Waals surface area contributed by atoms with Gasteiger partial charge in [0.1, 0.15) is 5.75 Å². The fraction of sp³-hybridized carbons (Fsp3) is 0.364. The second-order valence-electron chi connectivity index (χ2n) is 7.07. The molecule has 152 valence electrons. The largest absolute Gasteiger partial charge is 0.503 e. The molecule has 0 spiro atoms. The molecule has 1 aromatic heterocycles. The lowest BCUT2D eigenvalue weighted by molar-refractivity contribution is -0.131. The van der Waals surface area contributed by atoms with E-state index < -0.39 is 17.7 Å². The zero-order chi connectivity index (χ0) is 20.4. The number of ether oxygens (including phenoxy) is 2. The molecule has 7 heteroatoms. The highest BCUT2D eigenvalue weighted by Gasteiger charge is 2.45. The Balaban J connectivity index is 1.72. The number of amides is 1. The summed E-state index contributed by atoms with van der Waals surface area (Å²) in [5.41, 5.74) is 0.878. The van der Waals surface area contributed by atoms with Crippen LogP contribution in [0.25, 0.3) is 0 Å². The molecule has 1 N–H and O–H groups in total. The van der Waals surface area contributed by atoms with Crippen LogP contribution in [0.2, 0.25) is 0 Å². The SMILES string of the molecule is CCOc1ccc([C@@H]2C(C(=O)c3cccs3)=C(O)C(=O)N2C[C@H]2CCCO2)cc1. The Morgan fingerprint density at radius 2 is 2.10 bits per heavy atom. The molecule has 1 aromatic carbocycles. The van der Waals surface area contributed by atoms with Crippen molar-refractivity contribution in [3.8, 4) is 5.75 Å². The van der Waals surface area contributed by atoms with Gasteiger partial charge < -0.3 is 19.5 Å². The molecule has 4 rings (SSSR count). The Kier molecular flexibility index (Phi) is 5.69. The number of thiophene rings is 1. The normalized spacial score (nSPS) is 21.8. The maximum Gasteiger partial charge on any atom is 0.290 e. The molecule has 0 aliphatic carbocycles. The summed E-state index contributed by atoms with van der Waals surface area (Å²) >= 11 is 1.29. The first-order valence-corrected chi connectivity index (χ1v) is 10.6. The first-order valence-electron chi connectivity index (χ1n) is 9.76. The molecular formula is C22H23NO5S. The summed E-state index contributed by atoms with van der Waals surface area (Å²) in [6.07, 6.45) is 1.71. The predicted octanol–water partition coefficient (Wildman–Crippen LogP) is 3.90. The van der Waals surface area contributed by atoms with Gasteiger partial charge in [-0.25, -0.2) is 0 Å². The van der Waals surface area contributed by atoms with Gasteiger partial charge in [0.15, 0.2) is 5.76 Å². The fourth-order valence-electron chi connectivity index (χ4n) is 3.88. The van der Waals surface area contributed by atoms with Gasteiger partial charge in [-0.1, -0.05) is 18.2 Å². The van der Waals surface area contributed by atoms with Crippen molar-refractivity contribution in [2.24, 2.45) is 0 Å². The third-order valence-corrected chi connectivity index (χ3v) is 6.09. The number of aliphatic hydroxyl groups excluding tert-OH is 1. The maximum atomic E-state index is 13.2. The van der Waals surface area contributed by atoms with E-state index in [9.17, 15) is 14.7 Å². The van der Waals surface area contributed by atoms with Crippen molar-refractivity contribution in [1.82, 2.24) is 4.90 Å². The van der Waals surface area contributed by atoms with Gasteiger partial charge in [0.2, 0.25) is 5.78 Å². The van der Waals surface area contributed by atoms with Crippen LogP contribution in [0.4, 0.5) is 0 Å². The minimum absolute atomic E-state index is 0.0897. The van der Waals surface area contributed by atoms with Gasteiger partial charge in [-0.2, -0.15) is 0 Å². The number of benzene rings is 1. The number of aliphatic hydroxyl groups is 1. The zero-order valence-electron chi connectivity index (χ0n) is 16.2.